The summed E-state index contributed by atoms with van der Waals surface area (Å²) in [6.45, 7) is 7.62. The first kappa shape index (κ1) is 22.0. The number of aromatic nitrogens is 2. The number of alkyl halides is 3. The summed E-state index contributed by atoms with van der Waals surface area (Å²) in [7, 11) is 1.56. The third kappa shape index (κ3) is 4.96. The molecule has 1 saturated heterocycles. The monoisotopic (exact) mass is 403 g/mol. The van der Waals surface area contributed by atoms with Crippen LogP contribution < -0.4 is 10.6 Å². The number of aryl methyl sites for hydroxylation is 2. The van der Waals surface area contributed by atoms with Gasteiger partial charge in [0.05, 0.1) is 5.69 Å². The number of hydrogen-bond acceptors (Lipinski definition) is 3. The second-order valence-corrected chi connectivity index (χ2v) is 7.55. The number of piperidine rings is 1. The lowest BCUT2D eigenvalue weighted by Gasteiger charge is -2.33. The number of urea groups is 1. The summed E-state index contributed by atoms with van der Waals surface area (Å²) in [5.41, 5.74) is 0.534. The van der Waals surface area contributed by atoms with Crippen LogP contribution in [-0.4, -0.2) is 51.9 Å². The van der Waals surface area contributed by atoms with Gasteiger partial charge in [0.2, 0.25) is 5.91 Å². The van der Waals surface area contributed by atoms with Gasteiger partial charge >= 0.3 is 12.2 Å². The number of hydrogen-bond donors (Lipinski definition) is 2. The van der Waals surface area contributed by atoms with Crippen LogP contribution in [0.4, 0.5) is 18.0 Å². The molecular weight excluding hydrogens is 375 g/mol. The molecule has 2 rings (SSSR count). The number of carbonyl (C=O) groups is 2. The van der Waals surface area contributed by atoms with Crippen LogP contribution >= 0.6 is 0 Å². The number of amides is 3. The van der Waals surface area contributed by atoms with E-state index in [0.29, 0.717) is 31.6 Å². The lowest BCUT2D eigenvalue weighted by Crippen LogP contribution is -2.51. The molecule has 10 heteroatoms. The Balaban J connectivity index is 2.01. The minimum atomic E-state index is -4.65. The van der Waals surface area contributed by atoms with Crippen LogP contribution in [0, 0.1) is 19.8 Å². The number of halogens is 3. The Hall–Kier alpha value is -2.26. The second kappa shape index (κ2) is 8.40. The van der Waals surface area contributed by atoms with E-state index in [2.05, 4.69) is 15.7 Å². The van der Waals surface area contributed by atoms with E-state index in [4.69, 9.17) is 0 Å². The molecule has 1 aliphatic heterocycles. The van der Waals surface area contributed by atoms with Crippen molar-refractivity contribution in [2.75, 3.05) is 13.1 Å². The zero-order chi connectivity index (χ0) is 21.2. The fourth-order valence-corrected chi connectivity index (χ4v) is 3.49. The van der Waals surface area contributed by atoms with E-state index in [1.807, 2.05) is 13.8 Å². The van der Waals surface area contributed by atoms with Crippen molar-refractivity contribution in [1.82, 2.24) is 25.3 Å². The van der Waals surface area contributed by atoms with Gasteiger partial charge in [0.25, 0.3) is 0 Å². The van der Waals surface area contributed by atoms with Gasteiger partial charge in [0.15, 0.2) is 6.04 Å². The van der Waals surface area contributed by atoms with Gasteiger partial charge in [0, 0.05) is 43.4 Å². The van der Waals surface area contributed by atoms with E-state index in [1.165, 1.54) is 18.5 Å². The molecule has 0 bridgehead atoms. The Bertz CT molecular complexity index is 722. The van der Waals surface area contributed by atoms with Gasteiger partial charge < -0.3 is 15.5 Å². The van der Waals surface area contributed by atoms with Crippen LogP contribution in [0.1, 0.15) is 49.7 Å². The van der Waals surface area contributed by atoms with Gasteiger partial charge in [-0.25, -0.2) is 4.79 Å². The Kier molecular flexibility index (Phi) is 6.61. The fourth-order valence-electron chi connectivity index (χ4n) is 3.49. The number of rotatable bonds is 4. The van der Waals surface area contributed by atoms with Crippen molar-refractivity contribution in [3.05, 3.63) is 17.0 Å². The molecule has 1 aliphatic rings. The summed E-state index contributed by atoms with van der Waals surface area (Å²) >= 11 is 0. The highest BCUT2D eigenvalue weighted by molar-refractivity contribution is 5.78. The van der Waals surface area contributed by atoms with Gasteiger partial charge in [-0.2, -0.15) is 18.3 Å². The van der Waals surface area contributed by atoms with Crippen molar-refractivity contribution in [2.24, 2.45) is 13.0 Å². The molecule has 0 radical (unpaired) electrons. The van der Waals surface area contributed by atoms with Crippen LogP contribution in [0.2, 0.25) is 0 Å². The Morgan fingerprint density at radius 1 is 1.18 bits per heavy atom. The average molecular weight is 403 g/mol. The van der Waals surface area contributed by atoms with Crippen LogP contribution in [0.3, 0.4) is 0 Å². The van der Waals surface area contributed by atoms with Gasteiger partial charge in [-0.05, 0) is 26.7 Å². The van der Waals surface area contributed by atoms with Crippen molar-refractivity contribution >= 4 is 11.9 Å². The van der Waals surface area contributed by atoms with Crippen LogP contribution in [0.5, 0.6) is 0 Å². The van der Waals surface area contributed by atoms with Crippen LogP contribution in [-0.2, 0) is 11.8 Å². The molecule has 0 aliphatic carbocycles. The Morgan fingerprint density at radius 3 is 2.18 bits per heavy atom. The molecule has 7 nitrogen and oxygen atoms in total. The molecular formula is C18H28F3N5O2. The maximum Gasteiger partial charge on any atom is 0.413 e. The number of nitrogens with one attached hydrogen (secondary N) is 2. The van der Waals surface area contributed by atoms with Crippen molar-refractivity contribution in [3.8, 4) is 0 Å². The molecule has 1 fully saturated rings. The van der Waals surface area contributed by atoms with E-state index in [9.17, 15) is 22.8 Å². The molecule has 1 aromatic rings. The normalized spacial score (nSPS) is 17.0. The quantitative estimate of drug-likeness (QED) is 0.811. The van der Waals surface area contributed by atoms with Crippen LogP contribution in [0.15, 0.2) is 0 Å². The fraction of sp³-hybridized carbons (Fsp3) is 0.722. The summed E-state index contributed by atoms with van der Waals surface area (Å²) < 4.78 is 42.2. The first-order chi connectivity index (χ1) is 12.9. The molecule has 28 heavy (non-hydrogen) atoms. The van der Waals surface area contributed by atoms with Gasteiger partial charge in [-0.15, -0.1) is 0 Å². The molecule has 0 unspecified atom stereocenters. The molecule has 1 atom stereocenters. The highest BCUT2D eigenvalue weighted by Crippen LogP contribution is 2.35. The summed E-state index contributed by atoms with van der Waals surface area (Å²) in [5, 5.41) is 8.68. The predicted octanol–water partition coefficient (Wildman–Crippen LogP) is 2.59. The van der Waals surface area contributed by atoms with E-state index in [1.54, 1.807) is 11.9 Å². The van der Waals surface area contributed by atoms with Crippen molar-refractivity contribution in [1.29, 1.82) is 0 Å². The molecule has 0 spiro atoms. The molecule has 2 N–H and O–H groups in total. The first-order valence-electron chi connectivity index (χ1n) is 9.34. The number of likely N-dealkylation sites (tertiary alicyclic amines) is 1. The SMILES string of the molecule is Cc1nn(C)c(C)c1[C@@H](NC(=O)NC1CCN(C(=O)C(C)C)CC1)C(F)(F)F. The van der Waals surface area contributed by atoms with E-state index in [-0.39, 0.29) is 29.1 Å². The summed E-state index contributed by atoms with van der Waals surface area (Å²) in [6.07, 6.45) is -3.63. The summed E-state index contributed by atoms with van der Waals surface area (Å²) in [4.78, 5) is 26.0. The maximum atomic E-state index is 13.6. The van der Waals surface area contributed by atoms with Crippen molar-refractivity contribution < 1.29 is 22.8 Å². The predicted molar refractivity (Wildman–Crippen MR) is 97.6 cm³/mol. The summed E-state index contributed by atoms with van der Waals surface area (Å²) in [5.74, 6) is -0.0612. The maximum absolute atomic E-state index is 13.6. The zero-order valence-electron chi connectivity index (χ0n) is 16.9. The first-order valence-corrected chi connectivity index (χ1v) is 9.34. The summed E-state index contributed by atoms with van der Waals surface area (Å²) in [6, 6.07) is -3.29. The molecule has 1 aromatic heterocycles. The van der Waals surface area contributed by atoms with E-state index in [0.717, 1.165) is 0 Å². The van der Waals surface area contributed by atoms with Gasteiger partial charge in [0.1, 0.15) is 0 Å². The topological polar surface area (TPSA) is 79.3 Å². The van der Waals surface area contributed by atoms with E-state index < -0.39 is 18.2 Å². The Labute approximate surface area is 162 Å². The molecule has 3 amide bonds. The molecule has 158 valence electrons. The highest BCUT2D eigenvalue weighted by atomic mass is 19.4. The minimum Gasteiger partial charge on any atom is -0.342 e. The number of nitrogens with zero attached hydrogens (tertiary/aromatic N) is 3. The van der Waals surface area contributed by atoms with Crippen molar-refractivity contribution in [3.63, 3.8) is 0 Å². The minimum absolute atomic E-state index is 0.0394. The van der Waals surface area contributed by atoms with Gasteiger partial charge in [-0.1, -0.05) is 13.8 Å². The van der Waals surface area contributed by atoms with Crippen molar-refractivity contribution in [2.45, 2.75) is 58.8 Å². The Morgan fingerprint density at radius 2 is 1.75 bits per heavy atom. The lowest BCUT2D eigenvalue weighted by molar-refractivity contribution is -0.155. The zero-order valence-corrected chi connectivity index (χ0v) is 16.9. The number of carbonyl (C=O) groups excluding carboxylic acids is 2. The lowest BCUT2D eigenvalue weighted by atomic mass is 10.0. The van der Waals surface area contributed by atoms with Gasteiger partial charge in [-0.3, -0.25) is 9.48 Å². The second-order valence-electron chi connectivity index (χ2n) is 7.55. The van der Waals surface area contributed by atoms with Crippen LogP contribution in [0.25, 0.3) is 0 Å². The third-order valence-corrected chi connectivity index (χ3v) is 5.09. The molecule has 2 heterocycles. The molecule has 0 saturated carbocycles. The van der Waals surface area contributed by atoms with E-state index >= 15 is 0 Å². The standard InChI is InChI=1S/C18H28F3N5O2/c1-10(2)16(27)26-8-6-13(7-9-26)22-17(28)23-15(18(19,20)21)14-11(3)24-25(5)12(14)4/h10,13,15H,6-9H2,1-5H3,(H2,22,23,28)/t15-/m1/s1. The molecule has 0 aromatic carbocycles. The largest absolute Gasteiger partial charge is 0.413 e. The third-order valence-electron chi connectivity index (χ3n) is 5.09. The average Bonchev–Trinajstić information content (AvgIpc) is 2.84. The highest BCUT2D eigenvalue weighted by Gasteiger charge is 2.44. The smallest absolute Gasteiger partial charge is 0.342 e.